The smallest absolute Gasteiger partial charge is 0.286 e. The molecule has 96 valence electrons. The fraction of sp³-hybridized carbons (Fsp3) is 0.545. The van der Waals surface area contributed by atoms with Crippen LogP contribution in [-0.4, -0.2) is 28.2 Å². The van der Waals surface area contributed by atoms with Crippen molar-refractivity contribution in [3.8, 4) is 0 Å². The summed E-state index contributed by atoms with van der Waals surface area (Å²) in [4.78, 5) is 11.6. The first-order chi connectivity index (χ1) is 8.04. The van der Waals surface area contributed by atoms with Gasteiger partial charge in [0.1, 0.15) is 5.76 Å². The summed E-state index contributed by atoms with van der Waals surface area (Å²) in [6.45, 7) is 2.65. The fourth-order valence-corrected chi connectivity index (χ4v) is 1.70. The molecular weight excluding hydrogens is 240 g/mol. The van der Waals surface area contributed by atoms with E-state index >= 15 is 0 Å². The Labute approximate surface area is 103 Å². The van der Waals surface area contributed by atoms with Crippen LogP contribution in [0, 0.1) is 0 Å². The average molecular weight is 258 g/mol. The molecule has 1 rings (SSSR count). The molecule has 0 spiro atoms. The van der Waals surface area contributed by atoms with Crippen LogP contribution in [0.5, 0.6) is 0 Å². The second kappa shape index (κ2) is 6.56. The van der Waals surface area contributed by atoms with Crippen molar-refractivity contribution in [2.45, 2.75) is 25.1 Å². The van der Waals surface area contributed by atoms with Gasteiger partial charge in [0, 0.05) is 28.9 Å². The Morgan fingerprint density at radius 2 is 2.29 bits per heavy atom. The lowest BCUT2D eigenvalue weighted by atomic mass is 10.3. The summed E-state index contributed by atoms with van der Waals surface area (Å²) < 4.78 is 16.3. The molecule has 2 unspecified atom stereocenters. The van der Waals surface area contributed by atoms with Gasteiger partial charge in [-0.25, -0.2) is 0 Å². The summed E-state index contributed by atoms with van der Waals surface area (Å²) in [5, 5.41) is 2.79. The number of carbonyl (C=O) groups excluding carboxylic acids is 1. The van der Waals surface area contributed by atoms with E-state index in [1.54, 1.807) is 18.4 Å². The Morgan fingerprint density at radius 3 is 2.82 bits per heavy atom. The highest BCUT2D eigenvalue weighted by molar-refractivity contribution is 7.84. The lowest BCUT2D eigenvalue weighted by Gasteiger charge is -2.08. The van der Waals surface area contributed by atoms with E-state index in [-0.39, 0.29) is 23.5 Å². The summed E-state index contributed by atoms with van der Waals surface area (Å²) in [6.07, 6.45) is 2.34. The molecule has 2 atom stereocenters. The first-order valence-corrected chi connectivity index (χ1v) is 7.06. The Kier molecular flexibility index (Phi) is 5.37. The van der Waals surface area contributed by atoms with Crippen LogP contribution in [0.2, 0.25) is 0 Å². The summed E-state index contributed by atoms with van der Waals surface area (Å²) in [5.74, 6) is 0.577. The van der Waals surface area contributed by atoms with Gasteiger partial charge in [0.2, 0.25) is 0 Å². The van der Waals surface area contributed by atoms with Crippen LogP contribution in [0.25, 0.3) is 0 Å². The minimum Gasteiger partial charge on any atom is -0.455 e. The van der Waals surface area contributed by atoms with Gasteiger partial charge in [0.15, 0.2) is 5.76 Å². The van der Waals surface area contributed by atoms with Crippen molar-refractivity contribution in [1.82, 2.24) is 5.32 Å². The Hall–Kier alpha value is -1.14. The second-order valence-corrected chi connectivity index (χ2v) is 5.63. The topological polar surface area (TPSA) is 85.3 Å². The van der Waals surface area contributed by atoms with E-state index in [0.717, 1.165) is 0 Å². The SMILES string of the molecule is CC(CCNC(=O)c1ccc(CN)o1)S(C)=O. The standard InChI is InChI=1S/C11H18N2O3S/c1-8(17(2)15)5-6-13-11(14)10-4-3-9(7-12)16-10/h3-4,8H,5-7,12H2,1-2H3,(H,13,14). The van der Waals surface area contributed by atoms with Gasteiger partial charge in [-0.2, -0.15) is 0 Å². The zero-order valence-electron chi connectivity index (χ0n) is 10.1. The molecule has 0 aliphatic heterocycles. The van der Waals surface area contributed by atoms with Crippen LogP contribution < -0.4 is 11.1 Å². The molecule has 1 amide bonds. The predicted octanol–water partition coefficient (Wildman–Crippen LogP) is 0.625. The van der Waals surface area contributed by atoms with E-state index in [0.29, 0.717) is 18.7 Å². The van der Waals surface area contributed by atoms with E-state index in [1.807, 2.05) is 6.92 Å². The van der Waals surface area contributed by atoms with E-state index in [4.69, 9.17) is 10.2 Å². The maximum Gasteiger partial charge on any atom is 0.286 e. The van der Waals surface area contributed by atoms with E-state index in [9.17, 15) is 9.00 Å². The number of nitrogens with one attached hydrogen (secondary N) is 1. The maximum absolute atomic E-state index is 11.6. The zero-order chi connectivity index (χ0) is 12.8. The third-order valence-electron chi connectivity index (χ3n) is 2.49. The van der Waals surface area contributed by atoms with Crippen molar-refractivity contribution in [3.63, 3.8) is 0 Å². The molecule has 1 aromatic rings. The number of amides is 1. The third-order valence-corrected chi connectivity index (χ3v) is 3.86. The van der Waals surface area contributed by atoms with Crippen molar-refractivity contribution >= 4 is 16.7 Å². The summed E-state index contributed by atoms with van der Waals surface area (Å²) >= 11 is 0. The molecule has 0 radical (unpaired) electrons. The van der Waals surface area contributed by atoms with Gasteiger partial charge in [-0.1, -0.05) is 6.92 Å². The largest absolute Gasteiger partial charge is 0.455 e. The van der Waals surface area contributed by atoms with Crippen LogP contribution in [-0.2, 0) is 17.3 Å². The molecule has 5 nitrogen and oxygen atoms in total. The number of furan rings is 1. The van der Waals surface area contributed by atoms with Gasteiger partial charge >= 0.3 is 0 Å². The molecule has 17 heavy (non-hydrogen) atoms. The quantitative estimate of drug-likeness (QED) is 0.783. The van der Waals surface area contributed by atoms with Crippen molar-refractivity contribution < 1.29 is 13.4 Å². The minimum atomic E-state index is -0.858. The molecule has 0 aliphatic rings. The highest BCUT2D eigenvalue weighted by atomic mass is 32.2. The molecule has 0 aromatic carbocycles. The van der Waals surface area contributed by atoms with Crippen molar-refractivity contribution in [1.29, 1.82) is 0 Å². The number of nitrogens with two attached hydrogens (primary N) is 1. The molecule has 0 bridgehead atoms. The molecule has 0 fully saturated rings. The highest BCUT2D eigenvalue weighted by Crippen LogP contribution is 2.06. The van der Waals surface area contributed by atoms with Gasteiger partial charge in [-0.05, 0) is 18.6 Å². The summed E-state index contributed by atoms with van der Waals surface area (Å²) in [5.41, 5.74) is 5.38. The van der Waals surface area contributed by atoms with Gasteiger partial charge < -0.3 is 15.5 Å². The number of hydrogen-bond donors (Lipinski definition) is 2. The van der Waals surface area contributed by atoms with Gasteiger partial charge in [-0.15, -0.1) is 0 Å². The molecule has 1 aromatic heterocycles. The fourth-order valence-electron chi connectivity index (χ4n) is 1.25. The molecule has 0 saturated carbocycles. The van der Waals surface area contributed by atoms with E-state index in [1.165, 1.54) is 0 Å². The molecular formula is C11H18N2O3S. The first-order valence-electron chi connectivity index (χ1n) is 5.43. The molecule has 6 heteroatoms. The second-order valence-electron chi connectivity index (χ2n) is 3.82. The predicted molar refractivity (Wildman–Crippen MR) is 67.1 cm³/mol. The monoisotopic (exact) mass is 258 g/mol. The average Bonchev–Trinajstić information content (AvgIpc) is 2.77. The van der Waals surface area contributed by atoms with E-state index in [2.05, 4.69) is 5.32 Å². The molecule has 3 N–H and O–H groups in total. The molecule has 0 aliphatic carbocycles. The number of carbonyl (C=O) groups is 1. The van der Waals surface area contributed by atoms with Crippen LogP contribution in [0.3, 0.4) is 0 Å². The van der Waals surface area contributed by atoms with Crippen molar-refractivity contribution in [2.75, 3.05) is 12.8 Å². The van der Waals surface area contributed by atoms with Crippen molar-refractivity contribution in [2.24, 2.45) is 5.73 Å². The first kappa shape index (κ1) is 13.9. The molecule has 1 heterocycles. The van der Waals surface area contributed by atoms with Gasteiger partial charge in [0.05, 0.1) is 6.54 Å². The van der Waals surface area contributed by atoms with Crippen LogP contribution >= 0.6 is 0 Å². The summed E-state index contributed by atoms with van der Waals surface area (Å²) in [6, 6.07) is 3.28. The lowest BCUT2D eigenvalue weighted by molar-refractivity contribution is 0.0924. The Bertz CT molecular complexity index is 403. The van der Waals surface area contributed by atoms with Crippen LogP contribution in [0.4, 0.5) is 0 Å². The summed E-state index contributed by atoms with van der Waals surface area (Å²) in [7, 11) is -0.858. The number of hydrogen-bond acceptors (Lipinski definition) is 4. The zero-order valence-corrected chi connectivity index (χ0v) is 10.9. The van der Waals surface area contributed by atoms with Crippen LogP contribution in [0.1, 0.15) is 29.7 Å². The van der Waals surface area contributed by atoms with E-state index < -0.39 is 10.8 Å². The molecule has 0 saturated heterocycles. The van der Waals surface area contributed by atoms with Gasteiger partial charge in [-0.3, -0.25) is 9.00 Å². The highest BCUT2D eigenvalue weighted by Gasteiger charge is 2.11. The maximum atomic E-state index is 11.6. The van der Waals surface area contributed by atoms with Crippen LogP contribution in [0.15, 0.2) is 16.5 Å². The normalized spacial score (nSPS) is 14.3. The van der Waals surface area contributed by atoms with Gasteiger partial charge in [0.25, 0.3) is 5.91 Å². The number of rotatable bonds is 6. The Balaban J connectivity index is 2.37. The Morgan fingerprint density at radius 1 is 1.59 bits per heavy atom. The minimum absolute atomic E-state index is 0.0755. The lowest BCUT2D eigenvalue weighted by Crippen LogP contribution is -2.27. The van der Waals surface area contributed by atoms with Crippen molar-refractivity contribution in [3.05, 3.63) is 23.7 Å². The third kappa shape index (κ3) is 4.32.